The molecule has 0 spiro atoms. The van der Waals surface area contributed by atoms with Crippen molar-refractivity contribution < 1.29 is 8.57 Å². The molecule has 1 nitrogen and oxygen atoms in total. The molecule has 0 heterocycles. The topological polar surface area (TPSA) is 9.23 Å². The third-order valence-electron chi connectivity index (χ3n) is 3.56. The van der Waals surface area contributed by atoms with Gasteiger partial charge in [-0.2, -0.15) is 0 Å². The average Bonchev–Trinajstić information content (AvgIpc) is 2.38. The van der Waals surface area contributed by atoms with E-state index in [1.807, 2.05) is 12.3 Å². The van der Waals surface area contributed by atoms with Crippen LogP contribution < -0.4 is 0 Å². The summed E-state index contributed by atoms with van der Waals surface area (Å²) < 4.78 is 20.6. The van der Waals surface area contributed by atoms with Crippen LogP contribution in [-0.2, 0) is 4.18 Å². The fourth-order valence-corrected chi connectivity index (χ4v) is 3.71. The first-order chi connectivity index (χ1) is 8.74. The Balaban J connectivity index is 2.28. The standard InChI is InChI=1S/C14H18BrFOS/c1-18-17-14(10-6-3-2-4-7-10)13-11(15)8-5-9-12(13)16/h5,8-10,14H,2-4,6-7H2,1H3. The van der Waals surface area contributed by atoms with Crippen LogP contribution in [0.25, 0.3) is 0 Å². The first-order valence-electron chi connectivity index (χ1n) is 6.37. The molecule has 0 saturated heterocycles. The lowest BCUT2D eigenvalue weighted by molar-refractivity contribution is 0.128. The monoisotopic (exact) mass is 332 g/mol. The molecule has 18 heavy (non-hydrogen) atoms. The van der Waals surface area contributed by atoms with Crippen molar-refractivity contribution in [3.8, 4) is 0 Å². The van der Waals surface area contributed by atoms with Crippen LogP contribution in [0.1, 0.15) is 43.8 Å². The van der Waals surface area contributed by atoms with Crippen molar-refractivity contribution in [1.82, 2.24) is 0 Å². The zero-order chi connectivity index (χ0) is 13.0. The summed E-state index contributed by atoms with van der Waals surface area (Å²) in [5, 5.41) is 0. The fourth-order valence-electron chi connectivity index (χ4n) is 2.69. The summed E-state index contributed by atoms with van der Waals surface area (Å²) in [5.74, 6) is 0.258. The van der Waals surface area contributed by atoms with Gasteiger partial charge in [-0.3, -0.25) is 0 Å². The maximum atomic E-state index is 14.1. The van der Waals surface area contributed by atoms with Crippen molar-refractivity contribution >= 4 is 28.0 Å². The molecule has 0 radical (unpaired) electrons. The summed E-state index contributed by atoms with van der Waals surface area (Å²) in [7, 11) is 0. The Morgan fingerprint density at radius 2 is 2.06 bits per heavy atom. The highest BCUT2D eigenvalue weighted by molar-refractivity contribution is 9.10. The van der Waals surface area contributed by atoms with Crippen molar-refractivity contribution in [3.05, 3.63) is 34.1 Å². The van der Waals surface area contributed by atoms with E-state index < -0.39 is 0 Å². The molecule has 2 rings (SSSR count). The van der Waals surface area contributed by atoms with E-state index >= 15 is 0 Å². The predicted molar refractivity (Wildman–Crippen MR) is 78.0 cm³/mol. The van der Waals surface area contributed by atoms with E-state index in [-0.39, 0.29) is 11.9 Å². The molecule has 100 valence electrons. The largest absolute Gasteiger partial charge is 0.307 e. The normalized spacial score (nSPS) is 18.8. The molecule has 4 heteroatoms. The molecule has 0 aromatic heterocycles. The molecule has 0 amide bonds. The van der Waals surface area contributed by atoms with Crippen LogP contribution >= 0.6 is 28.0 Å². The van der Waals surface area contributed by atoms with E-state index in [1.165, 1.54) is 37.4 Å². The second-order valence-electron chi connectivity index (χ2n) is 4.72. The highest BCUT2D eigenvalue weighted by Crippen LogP contribution is 2.41. The van der Waals surface area contributed by atoms with Crippen LogP contribution in [-0.4, -0.2) is 6.26 Å². The molecule has 1 aliphatic rings. The fraction of sp³-hybridized carbons (Fsp3) is 0.571. The lowest BCUT2D eigenvalue weighted by atomic mass is 9.82. The minimum absolute atomic E-state index is 0.143. The van der Waals surface area contributed by atoms with Gasteiger partial charge in [-0.05, 0) is 42.9 Å². The Labute approximate surface area is 121 Å². The van der Waals surface area contributed by atoms with Crippen LogP contribution in [0.4, 0.5) is 4.39 Å². The Kier molecular flexibility index (Phi) is 5.52. The van der Waals surface area contributed by atoms with E-state index in [0.29, 0.717) is 11.5 Å². The van der Waals surface area contributed by atoms with E-state index in [9.17, 15) is 4.39 Å². The van der Waals surface area contributed by atoms with Gasteiger partial charge in [-0.15, -0.1) is 0 Å². The third kappa shape index (κ3) is 3.28. The first-order valence-corrected chi connectivity index (χ1v) is 8.31. The van der Waals surface area contributed by atoms with Gasteiger partial charge in [0.1, 0.15) is 11.9 Å². The van der Waals surface area contributed by atoms with Crippen LogP contribution in [0.2, 0.25) is 0 Å². The van der Waals surface area contributed by atoms with Gasteiger partial charge >= 0.3 is 0 Å². The van der Waals surface area contributed by atoms with E-state index in [0.717, 1.165) is 17.3 Å². The second-order valence-corrected chi connectivity index (χ2v) is 6.10. The Morgan fingerprint density at radius 1 is 1.33 bits per heavy atom. The number of benzene rings is 1. The summed E-state index contributed by atoms with van der Waals surface area (Å²) in [6.07, 6.45) is 7.76. The molecular formula is C14H18BrFOS. The van der Waals surface area contributed by atoms with Crippen molar-refractivity contribution in [2.75, 3.05) is 6.26 Å². The van der Waals surface area contributed by atoms with Gasteiger partial charge < -0.3 is 4.18 Å². The van der Waals surface area contributed by atoms with Crippen LogP contribution in [0.15, 0.2) is 22.7 Å². The molecule has 1 fully saturated rings. The summed E-state index contributed by atoms with van der Waals surface area (Å²) in [4.78, 5) is 0. The van der Waals surface area contributed by atoms with E-state index in [1.54, 1.807) is 6.07 Å². The minimum Gasteiger partial charge on any atom is -0.307 e. The van der Waals surface area contributed by atoms with E-state index in [2.05, 4.69) is 15.9 Å². The second kappa shape index (κ2) is 6.92. The maximum Gasteiger partial charge on any atom is 0.130 e. The highest BCUT2D eigenvalue weighted by atomic mass is 79.9. The van der Waals surface area contributed by atoms with Crippen LogP contribution in [0, 0.1) is 11.7 Å². The van der Waals surface area contributed by atoms with Gasteiger partial charge in [0, 0.05) is 16.3 Å². The summed E-state index contributed by atoms with van der Waals surface area (Å²) in [5.41, 5.74) is 0.679. The Bertz CT molecular complexity index is 373. The van der Waals surface area contributed by atoms with Gasteiger partial charge in [0.2, 0.25) is 0 Å². The quantitative estimate of drug-likeness (QED) is 0.673. The molecule has 1 aliphatic carbocycles. The number of hydrogen-bond donors (Lipinski definition) is 0. The van der Waals surface area contributed by atoms with Gasteiger partial charge in [-0.25, -0.2) is 4.39 Å². The summed E-state index contributed by atoms with van der Waals surface area (Å²) in [6.45, 7) is 0. The molecule has 0 N–H and O–H groups in total. The third-order valence-corrected chi connectivity index (χ3v) is 4.65. The first kappa shape index (κ1) is 14.4. The predicted octanol–water partition coefficient (Wildman–Crippen LogP) is 5.50. The molecule has 1 aromatic rings. The Morgan fingerprint density at radius 3 is 2.67 bits per heavy atom. The Hall–Kier alpha value is -0.0600. The van der Waals surface area contributed by atoms with Gasteiger partial charge in [0.05, 0.1) is 0 Å². The van der Waals surface area contributed by atoms with Crippen LogP contribution in [0.5, 0.6) is 0 Å². The molecular weight excluding hydrogens is 315 g/mol. The number of hydrogen-bond acceptors (Lipinski definition) is 2. The highest BCUT2D eigenvalue weighted by Gasteiger charge is 2.29. The van der Waals surface area contributed by atoms with Gasteiger partial charge in [0.15, 0.2) is 0 Å². The summed E-state index contributed by atoms with van der Waals surface area (Å²) in [6, 6.07) is 5.12. The van der Waals surface area contributed by atoms with Crippen molar-refractivity contribution in [3.63, 3.8) is 0 Å². The van der Waals surface area contributed by atoms with E-state index in [4.69, 9.17) is 4.18 Å². The van der Waals surface area contributed by atoms with Gasteiger partial charge in [-0.1, -0.05) is 41.3 Å². The number of rotatable bonds is 4. The van der Waals surface area contributed by atoms with Crippen LogP contribution in [0.3, 0.4) is 0 Å². The lowest BCUT2D eigenvalue weighted by Crippen LogP contribution is -2.18. The molecule has 1 saturated carbocycles. The zero-order valence-electron chi connectivity index (χ0n) is 10.5. The molecule has 1 aromatic carbocycles. The van der Waals surface area contributed by atoms with Crippen molar-refractivity contribution in [2.45, 2.75) is 38.2 Å². The summed E-state index contributed by atoms with van der Waals surface area (Å²) >= 11 is 4.78. The minimum atomic E-state index is -0.172. The van der Waals surface area contributed by atoms with Crippen molar-refractivity contribution in [1.29, 1.82) is 0 Å². The maximum absolute atomic E-state index is 14.1. The van der Waals surface area contributed by atoms with Gasteiger partial charge in [0.25, 0.3) is 0 Å². The SMILES string of the molecule is CSOC(c1c(F)cccc1Br)C1CCCCC1. The zero-order valence-corrected chi connectivity index (χ0v) is 12.9. The molecule has 1 unspecified atom stereocenters. The molecule has 0 aliphatic heterocycles. The molecule has 0 bridgehead atoms. The molecule has 1 atom stereocenters. The average molecular weight is 333 g/mol. The number of halogens is 2. The van der Waals surface area contributed by atoms with Crippen molar-refractivity contribution in [2.24, 2.45) is 5.92 Å². The smallest absolute Gasteiger partial charge is 0.130 e. The lowest BCUT2D eigenvalue weighted by Gasteiger charge is -2.30.